The molecule has 0 spiro atoms. The molecule has 0 bridgehead atoms. The Morgan fingerprint density at radius 1 is 1.10 bits per heavy atom. The van der Waals surface area contributed by atoms with Crippen molar-refractivity contribution in [3.63, 3.8) is 0 Å². The van der Waals surface area contributed by atoms with Gasteiger partial charge in [0.05, 0.1) is 0 Å². The molecule has 1 saturated heterocycles. The van der Waals surface area contributed by atoms with Crippen molar-refractivity contribution in [2.75, 3.05) is 19.6 Å². The van der Waals surface area contributed by atoms with Gasteiger partial charge in [0.15, 0.2) is 0 Å². The molecular weight excluding hydrogens is 244 g/mol. The molecule has 0 aromatic heterocycles. The summed E-state index contributed by atoms with van der Waals surface area (Å²) in [5.41, 5.74) is 0. The second-order valence-corrected chi connectivity index (χ2v) is 7.55. The normalized spacial score (nSPS) is 31.9. The fraction of sp³-hybridized carbons (Fsp3) is 1.00. The van der Waals surface area contributed by atoms with Crippen molar-refractivity contribution in [3.05, 3.63) is 0 Å². The minimum Gasteiger partial charge on any atom is -0.315 e. The first-order valence-electron chi connectivity index (χ1n) is 9.17. The van der Waals surface area contributed by atoms with Gasteiger partial charge in [0.1, 0.15) is 0 Å². The van der Waals surface area contributed by atoms with Crippen molar-refractivity contribution in [3.8, 4) is 0 Å². The van der Waals surface area contributed by atoms with E-state index < -0.39 is 0 Å². The second-order valence-electron chi connectivity index (χ2n) is 7.55. The molecule has 20 heavy (non-hydrogen) atoms. The Kier molecular flexibility index (Phi) is 6.83. The number of hydrogen-bond donors (Lipinski definition) is 1. The highest BCUT2D eigenvalue weighted by Crippen LogP contribution is 2.33. The highest BCUT2D eigenvalue weighted by Gasteiger charge is 2.31. The second kappa shape index (κ2) is 8.38. The van der Waals surface area contributed by atoms with E-state index in [9.17, 15) is 0 Å². The van der Waals surface area contributed by atoms with Gasteiger partial charge in [-0.15, -0.1) is 0 Å². The van der Waals surface area contributed by atoms with Gasteiger partial charge >= 0.3 is 0 Å². The van der Waals surface area contributed by atoms with E-state index in [0.717, 1.165) is 23.9 Å². The molecule has 1 heterocycles. The maximum absolute atomic E-state index is 3.61. The van der Waals surface area contributed by atoms with Gasteiger partial charge < -0.3 is 5.32 Å². The number of nitrogens with one attached hydrogen (secondary N) is 1. The number of nitrogens with zero attached hydrogens (tertiary/aromatic N) is 1. The molecule has 1 aliphatic carbocycles. The molecule has 2 heteroatoms. The van der Waals surface area contributed by atoms with Gasteiger partial charge in [0.25, 0.3) is 0 Å². The highest BCUT2D eigenvalue weighted by molar-refractivity contribution is 4.87. The van der Waals surface area contributed by atoms with Crippen molar-refractivity contribution in [2.24, 2.45) is 11.8 Å². The van der Waals surface area contributed by atoms with E-state index in [4.69, 9.17) is 0 Å². The van der Waals surface area contributed by atoms with E-state index in [1.54, 1.807) is 0 Å². The summed E-state index contributed by atoms with van der Waals surface area (Å²) in [5.74, 6) is 1.86. The SMILES string of the molecule is CCCN(C1CCCNC1)C1CCCC(CC(C)C)C1. The maximum Gasteiger partial charge on any atom is 0.0224 e. The molecule has 1 aliphatic heterocycles. The van der Waals surface area contributed by atoms with Crippen LogP contribution in [-0.4, -0.2) is 36.6 Å². The summed E-state index contributed by atoms with van der Waals surface area (Å²) >= 11 is 0. The first-order valence-corrected chi connectivity index (χ1v) is 9.17. The summed E-state index contributed by atoms with van der Waals surface area (Å²) in [7, 11) is 0. The van der Waals surface area contributed by atoms with Crippen molar-refractivity contribution >= 4 is 0 Å². The molecule has 1 N–H and O–H groups in total. The van der Waals surface area contributed by atoms with Crippen LogP contribution in [0.15, 0.2) is 0 Å². The lowest BCUT2D eigenvalue weighted by Crippen LogP contribution is -2.51. The quantitative estimate of drug-likeness (QED) is 0.789. The Balaban J connectivity index is 1.93. The topological polar surface area (TPSA) is 15.3 Å². The summed E-state index contributed by atoms with van der Waals surface area (Å²) in [4.78, 5) is 2.89. The zero-order chi connectivity index (χ0) is 14.4. The van der Waals surface area contributed by atoms with Crippen molar-refractivity contribution in [2.45, 2.75) is 84.2 Å². The smallest absolute Gasteiger partial charge is 0.0224 e. The summed E-state index contributed by atoms with van der Waals surface area (Å²) < 4.78 is 0. The standard InChI is InChI=1S/C18H36N2/c1-4-11-20(18-9-6-10-19-14-18)17-8-5-7-16(13-17)12-15(2)3/h15-19H,4-14H2,1-3H3. The Hall–Kier alpha value is -0.0800. The molecule has 118 valence electrons. The van der Waals surface area contributed by atoms with Crippen molar-refractivity contribution < 1.29 is 0 Å². The Morgan fingerprint density at radius 3 is 2.55 bits per heavy atom. The zero-order valence-corrected chi connectivity index (χ0v) is 14.0. The first-order chi connectivity index (χ1) is 9.70. The largest absolute Gasteiger partial charge is 0.315 e. The predicted molar refractivity (Wildman–Crippen MR) is 88.1 cm³/mol. The Morgan fingerprint density at radius 2 is 1.90 bits per heavy atom. The molecule has 2 nitrogen and oxygen atoms in total. The first kappa shape index (κ1) is 16.3. The summed E-state index contributed by atoms with van der Waals surface area (Å²) in [6.45, 7) is 10.9. The van der Waals surface area contributed by atoms with Crippen LogP contribution in [0.1, 0.15) is 72.1 Å². The van der Waals surface area contributed by atoms with Gasteiger partial charge in [0, 0.05) is 18.6 Å². The molecule has 2 aliphatic rings. The van der Waals surface area contributed by atoms with Gasteiger partial charge in [-0.1, -0.05) is 33.6 Å². The minimum absolute atomic E-state index is 0.812. The van der Waals surface area contributed by atoms with E-state index in [-0.39, 0.29) is 0 Å². The third-order valence-corrected chi connectivity index (χ3v) is 5.25. The van der Waals surface area contributed by atoms with Crippen LogP contribution in [0.5, 0.6) is 0 Å². The lowest BCUT2D eigenvalue weighted by Gasteiger charge is -2.43. The van der Waals surface area contributed by atoms with Gasteiger partial charge in [-0.2, -0.15) is 0 Å². The van der Waals surface area contributed by atoms with Crippen LogP contribution in [0, 0.1) is 11.8 Å². The number of hydrogen-bond acceptors (Lipinski definition) is 2. The fourth-order valence-corrected chi connectivity index (χ4v) is 4.48. The zero-order valence-electron chi connectivity index (χ0n) is 14.0. The third-order valence-electron chi connectivity index (χ3n) is 5.25. The summed E-state index contributed by atoms with van der Waals surface area (Å²) in [6.07, 6.45) is 11.4. The van der Waals surface area contributed by atoms with Crippen LogP contribution in [-0.2, 0) is 0 Å². The molecule has 3 atom stereocenters. The molecule has 0 aromatic rings. The molecule has 2 fully saturated rings. The van der Waals surface area contributed by atoms with E-state index in [0.29, 0.717) is 0 Å². The van der Waals surface area contributed by atoms with Gasteiger partial charge in [-0.3, -0.25) is 4.90 Å². The van der Waals surface area contributed by atoms with Crippen molar-refractivity contribution in [1.82, 2.24) is 10.2 Å². The predicted octanol–water partition coefficient (Wildman–Crippen LogP) is 4.06. The third kappa shape index (κ3) is 4.73. The maximum atomic E-state index is 3.61. The monoisotopic (exact) mass is 280 g/mol. The Bertz CT molecular complexity index is 258. The average molecular weight is 280 g/mol. The minimum atomic E-state index is 0.812. The van der Waals surface area contributed by atoms with Crippen LogP contribution < -0.4 is 5.32 Å². The molecular formula is C18H36N2. The van der Waals surface area contributed by atoms with Gasteiger partial charge in [-0.05, 0) is 63.5 Å². The van der Waals surface area contributed by atoms with E-state index in [1.807, 2.05) is 0 Å². The molecule has 3 unspecified atom stereocenters. The Labute approximate surface area is 126 Å². The van der Waals surface area contributed by atoms with Crippen LogP contribution in [0.2, 0.25) is 0 Å². The highest BCUT2D eigenvalue weighted by atomic mass is 15.2. The fourth-order valence-electron chi connectivity index (χ4n) is 4.48. The summed E-state index contributed by atoms with van der Waals surface area (Å²) in [6, 6.07) is 1.68. The molecule has 2 rings (SSSR count). The van der Waals surface area contributed by atoms with E-state index in [2.05, 4.69) is 31.0 Å². The van der Waals surface area contributed by atoms with Crippen LogP contribution in [0.25, 0.3) is 0 Å². The number of piperidine rings is 1. The number of rotatable bonds is 6. The molecule has 0 amide bonds. The van der Waals surface area contributed by atoms with Crippen LogP contribution in [0.3, 0.4) is 0 Å². The van der Waals surface area contributed by atoms with Crippen LogP contribution in [0.4, 0.5) is 0 Å². The van der Waals surface area contributed by atoms with E-state index >= 15 is 0 Å². The van der Waals surface area contributed by atoms with Crippen molar-refractivity contribution in [1.29, 1.82) is 0 Å². The van der Waals surface area contributed by atoms with Gasteiger partial charge in [0.2, 0.25) is 0 Å². The lowest BCUT2D eigenvalue weighted by molar-refractivity contribution is 0.0682. The molecule has 1 saturated carbocycles. The molecule has 0 aromatic carbocycles. The summed E-state index contributed by atoms with van der Waals surface area (Å²) in [5, 5.41) is 3.61. The average Bonchev–Trinajstić information content (AvgIpc) is 2.45. The van der Waals surface area contributed by atoms with Gasteiger partial charge in [-0.25, -0.2) is 0 Å². The lowest BCUT2D eigenvalue weighted by atomic mass is 9.80. The van der Waals surface area contributed by atoms with Crippen LogP contribution >= 0.6 is 0 Å². The molecule has 0 radical (unpaired) electrons. The van der Waals surface area contributed by atoms with E-state index in [1.165, 1.54) is 71.0 Å².